The van der Waals surface area contributed by atoms with Gasteiger partial charge in [-0.05, 0) is 17.7 Å². The summed E-state index contributed by atoms with van der Waals surface area (Å²) in [5, 5.41) is 34.6. The van der Waals surface area contributed by atoms with E-state index in [1.54, 1.807) is 18.3 Å². The first kappa shape index (κ1) is 10.6. The predicted octanol–water partition coefficient (Wildman–Crippen LogP) is 0.0418. The third-order valence-corrected chi connectivity index (χ3v) is 2.36. The molecule has 84 valence electrons. The summed E-state index contributed by atoms with van der Waals surface area (Å²) < 4.78 is 0. The molecule has 0 aliphatic heterocycles. The van der Waals surface area contributed by atoms with E-state index >= 15 is 0 Å². The van der Waals surface area contributed by atoms with Gasteiger partial charge in [-0.3, -0.25) is 5.10 Å². The van der Waals surface area contributed by atoms with Crippen LogP contribution in [0.1, 0.15) is 11.7 Å². The number of aliphatic hydroxyl groups excluding tert-OH is 2. The van der Waals surface area contributed by atoms with Gasteiger partial charge < -0.3 is 15.3 Å². The quantitative estimate of drug-likeness (QED) is 0.586. The molecule has 2 rings (SSSR count). The fourth-order valence-electron chi connectivity index (χ4n) is 1.46. The number of rotatable bonds is 3. The van der Waals surface area contributed by atoms with Crippen molar-refractivity contribution in [3.05, 3.63) is 30.0 Å². The number of aliphatic carboxylic acids is 1. The maximum absolute atomic E-state index is 10.5. The molecule has 6 nitrogen and oxygen atoms in total. The maximum atomic E-state index is 10.5. The topological polar surface area (TPSA) is 106 Å². The van der Waals surface area contributed by atoms with E-state index < -0.39 is 18.2 Å². The summed E-state index contributed by atoms with van der Waals surface area (Å²) in [7, 11) is 0. The molecule has 0 bridgehead atoms. The van der Waals surface area contributed by atoms with E-state index in [4.69, 9.17) is 5.11 Å². The third kappa shape index (κ3) is 1.75. The van der Waals surface area contributed by atoms with Crippen LogP contribution in [0.5, 0.6) is 0 Å². The second kappa shape index (κ2) is 3.92. The SMILES string of the molecule is O=C(O)C(O)C(O)c1ccc2[nH]ncc2c1. The molecular weight excluding hydrogens is 212 g/mol. The molecule has 0 saturated heterocycles. The number of H-pyrrole nitrogens is 1. The number of nitrogens with zero attached hydrogens (tertiary/aromatic N) is 1. The lowest BCUT2D eigenvalue weighted by Crippen LogP contribution is -2.27. The van der Waals surface area contributed by atoms with Gasteiger partial charge >= 0.3 is 5.97 Å². The average Bonchev–Trinajstić information content (AvgIpc) is 2.73. The van der Waals surface area contributed by atoms with Crippen molar-refractivity contribution in [2.45, 2.75) is 12.2 Å². The van der Waals surface area contributed by atoms with Crippen LogP contribution in [0.4, 0.5) is 0 Å². The number of hydrogen-bond donors (Lipinski definition) is 4. The number of aromatic nitrogens is 2. The molecule has 2 unspecified atom stereocenters. The van der Waals surface area contributed by atoms with Gasteiger partial charge in [0.05, 0.1) is 11.7 Å². The monoisotopic (exact) mass is 222 g/mol. The minimum Gasteiger partial charge on any atom is -0.479 e. The number of fused-ring (bicyclic) bond motifs is 1. The van der Waals surface area contributed by atoms with Crippen LogP contribution in [-0.2, 0) is 4.79 Å². The van der Waals surface area contributed by atoms with Crippen molar-refractivity contribution in [1.29, 1.82) is 0 Å². The van der Waals surface area contributed by atoms with Crippen molar-refractivity contribution < 1.29 is 20.1 Å². The largest absolute Gasteiger partial charge is 0.479 e. The number of aliphatic hydroxyl groups is 2. The zero-order chi connectivity index (χ0) is 11.7. The Morgan fingerprint density at radius 1 is 1.38 bits per heavy atom. The van der Waals surface area contributed by atoms with Gasteiger partial charge in [0.1, 0.15) is 6.10 Å². The number of nitrogens with one attached hydrogen (secondary N) is 1. The summed E-state index contributed by atoms with van der Waals surface area (Å²) >= 11 is 0. The smallest absolute Gasteiger partial charge is 0.335 e. The van der Waals surface area contributed by atoms with Crippen molar-refractivity contribution in [3.8, 4) is 0 Å². The predicted molar refractivity (Wildman–Crippen MR) is 54.7 cm³/mol. The molecule has 0 spiro atoms. The van der Waals surface area contributed by atoms with Crippen molar-refractivity contribution in [1.82, 2.24) is 10.2 Å². The fourth-order valence-corrected chi connectivity index (χ4v) is 1.46. The fraction of sp³-hybridized carbons (Fsp3) is 0.200. The number of carboxylic acids is 1. The highest BCUT2D eigenvalue weighted by Gasteiger charge is 2.25. The highest BCUT2D eigenvalue weighted by molar-refractivity contribution is 5.79. The first-order valence-corrected chi connectivity index (χ1v) is 4.61. The standard InChI is InChI=1S/C10H10N2O4/c13-8(9(14)10(15)16)5-1-2-7-6(3-5)4-11-12-7/h1-4,8-9,13-14H,(H,11,12)(H,15,16). The average molecular weight is 222 g/mol. The molecule has 6 heteroatoms. The minimum absolute atomic E-state index is 0.337. The van der Waals surface area contributed by atoms with E-state index in [1.165, 1.54) is 6.07 Å². The zero-order valence-electron chi connectivity index (χ0n) is 8.16. The van der Waals surface area contributed by atoms with Crippen molar-refractivity contribution in [2.24, 2.45) is 0 Å². The third-order valence-electron chi connectivity index (χ3n) is 2.36. The Labute approximate surface area is 90.1 Å². The molecule has 0 saturated carbocycles. The van der Waals surface area contributed by atoms with Crippen molar-refractivity contribution in [2.75, 3.05) is 0 Å². The van der Waals surface area contributed by atoms with Gasteiger partial charge in [0.25, 0.3) is 0 Å². The van der Waals surface area contributed by atoms with Gasteiger partial charge in [-0.2, -0.15) is 5.10 Å². The Balaban J connectivity index is 2.35. The van der Waals surface area contributed by atoms with Crippen LogP contribution in [0.2, 0.25) is 0 Å². The summed E-state index contributed by atoms with van der Waals surface area (Å²) in [6.07, 6.45) is -1.72. The Kier molecular flexibility index (Phi) is 2.59. The van der Waals surface area contributed by atoms with E-state index in [-0.39, 0.29) is 0 Å². The number of hydrogen-bond acceptors (Lipinski definition) is 4. The Hall–Kier alpha value is -1.92. The maximum Gasteiger partial charge on any atom is 0.335 e. The molecule has 16 heavy (non-hydrogen) atoms. The number of carboxylic acid groups (broad SMARTS) is 1. The zero-order valence-corrected chi connectivity index (χ0v) is 8.16. The van der Waals surface area contributed by atoms with Gasteiger partial charge in [-0.25, -0.2) is 4.79 Å². The highest BCUT2D eigenvalue weighted by atomic mass is 16.4. The molecule has 0 aliphatic carbocycles. The first-order chi connectivity index (χ1) is 7.59. The van der Waals surface area contributed by atoms with Gasteiger partial charge in [0, 0.05) is 5.39 Å². The molecular formula is C10H10N2O4. The molecule has 0 radical (unpaired) electrons. The summed E-state index contributed by atoms with van der Waals surface area (Å²) in [5.74, 6) is -1.46. The van der Waals surface area contributed by atoms with Crippen LogP contribution >= 0.6 is 0 Å². The molecule has 0 amide bonds. The van der Waals surface area contributed by atoms with E-state index in [0.717, 1.165) is 10.9 Å². The summed E-state index contributed by atoms with van der Waals surface area (Å²) in [4.78, 5) is 10.5. The number of benzene rings is 1. The van der Waals surface area contributed by atoms with Gasteiger partial charge in [0.15, 0.2) is 6.10 Å². The molecule has 2 atom stereocenters. The van der Waals surface area contributed by atoms with Crippen LogP contribution in [-0.4, -0.2) is 37.6 Å². The van der Waals surface area contributed by atoms with Crippen LogP contribution in [0.3, 0.4) is 0 Å². The van der Waals surface area contributed by atoms with Crippen LogP contribution in [0.25, 0.3) is 10.9 Å². The summed E-state index contributed by atoms with van der Waals surface area (Å²) in [6.45, 7) is 0. The lowest BCUT2D eigenvalue weighted by atomic mass is 10.0. The lowest BCUT2D eigenvalue weighted by Gasteiger charge is -2.14. The lowest BCUT2D eigenvalue weighted by molar-refractivity contribution is -0.153. The van der Waals surface area contributed by atoms with Gasteiger partial charge in [0.2, 0.25) is 0 Å². The second-order valence-corrected chi connectivity index (χ2v) is 3.44. The second-order valence-electron chi connectivity index (χ2n) is 3.44. The Morgan fingerprint density at radius 2 is 2.12 bits per heavy atom. The van der Waals surface area contributed by atoms with E-state index in [0.29, 0.717) is 5.56 Å². The molecule has 1 aromatic heterocycles. The normalized spacial score (nSPS) is 14.9. The molecule has 2 aromatic rings. The van der Waals surface area contributed by atoms with Gasteiger partial charge in [-0.15, -0.1) is 0 Å². The first-order valence-electron chi connectivity index (χ1n) is 4.61. The van der Waals surface area contributed by atoms with Crippen LogP contribution in [0.15, 0.2) is 24.4 Å². The molecule has 1 heterocycles. The molecule has 0 fully saturated rings. The van der Waals surface area contributed by atoms with E-state index in [1.807, 2.05) is 0 Å². The number of carbonyl (C=O) groups is 1. The van der Waals surface area contributed by atoms with E-state index in [9.17, 15) is 15.0 Å². The highest BCUT2D eigenvalue weighted by Crippen LogP contribution is 2.21. The summed E-state index contributed by atoms with van der Waals surface area (Å²) in [6, 6.07) is 4.78. The van der Waals surface area contributed by atoms with E-state index in [2.05, 4.69) is 10.2 Å². The minimum atomic E-state index is -1.83. The molecule has 4 N–H and O–H groups in total. The van der Waals surface area contributed by atoms with Crippen LogP contribution < -0.4 is 0 Å². The number of aromatic amines is 1. The van der Waals surface area contributed by atoms with Crippen molar-refractivity contribution >= 4 is 16.9 Å². The molecule has 0 aliphatic rings. The summed E-state index contributed by atoms with van der Waals surface area (Å²) in [5.41, 5.74) is 1.12. The Morgan fingerprint density at radius 3 is 2.81 bits per heavy atom. The van der Waals surface area contributed by atoms with Gasteiger partial charge in [-0.1, -0.05) is 6.07 Å². The van der Waals surface area contributed by atoms with Crippen molar-refractivity contribution in [3.63, 3.8) is 0 Å². The van der Waals surface area contributed by atoms with Crippen LogP contribution in [0, 0.1) is 0 Å². The molecule has 1 aromatic carbocycles. The Bertz CT molecular complexity index is 522.